The first-order valence-corrected chi connectivity index (χ1v) is 28.4. The van der Waals surface area contributed by atoms with Gasteiger partial charge in [-0.05, 0) is 70.6 Å². The molecule has 0 radical (unpaired) electrons. The Morgan fingerprint density at radius 2 is 0.901 bits per heavy atom. The first kappa shape index (κ1) is 65.1. The van der Waals surface area contributed by atoms with Gasteiger partial charge in [-0.25, -0.2) is 0 Å². The standard InChI is InChI=1S/C57H103NO13/c1-3-5-7-9-11-13-15-17-19-20-21-22-23-24-25-26-27-29-31-33-35-37-39-41-49(62)58-45(46(61)40-38-36-34-32-30-28-18-16-14-12-10-8-6-4-2)44-68-56-54(67)52(65)55(48(43-60)70-56)71-57-53(66)51(64)50(63)47(42-59)69-57/h14,16,20-21,30,32,38,40,45-48,50-57,59-61,63-67H,3-13,15,17-19,22-29,31,33-37,39,41-44H2,1-2H3,(H,58,62)/b16-14+,21-20-,32-30+,40-38+. The van der Waals surface area contributed by atoms with Gasteiger partial charge in [0.15, 0.2) is 12.6 Å². The zero-order valence-corrected chi connectivity index (χ0v) is 44.2. The third-order valence-electron chi connectivity index (χ3n) is 13.7. The van der Waals surface area contributed by atoms with Crippen LogP contribution in [0.15, 0.2) is 48.6 Å². The molecule has 2 heterocycles. The van der Waals surface area contributed by atoms with E-state index in [0.717, 1.165) is 44.9 Å². The fourth-order valence-corrected chi connectivity index (χ4v) is 9.08. The molecule has 2 aliphatic rings. The molecule has 1 amide bonds. The van der Waals surface area contributed by atoms with Crippen molar-refractivity contribution >= 4 is 5.91 Å². The van der Waals surface area contributed by atoms with E-state index in [1.54, 1.807) is 6.08 Å². The molecule has 0 aliphatic carbocycles. The summed E-state index contributed by atoms with van der Waals surface area (Å²) in [5.74, 6) is -0.255. The van der Waals surface area contributed by atoms with Crippen LogP contribution in [0, 0.1) is 0 Å². The number of aliphatic hydroxyl groups is 8. The van der Waals surface area contributed by atoms with Crippen LogP contribution in [0.4, 0.5) is 0 Å². The summed E-state index contributed by atoms with van der Waals surface area (Å²) in [6.07, 6.45) is 35.8. The highest BCUT2D eigenvalue weighted by Gasteiger charge is 2.51. The molecule has 2 fully saturated rings. The number of carbonyl (C=O) groups excluding carboxylic acids is 1. The quantitative estimate of drug-likeness (QED) is 0.0206. The smallest absolute Gasteiger partial charge is 0.220 e. The molecule has 2 aliphatic heterocycles. The number of allylic oxidation sites excluding steroid dienone is 7. The summed E-state index contributed by atoms with van der Waals surface area (Å²) >= 11 is 0. The van der Waals surface area contributed by atoms with Gasteiger partial charge < -0.3 is 65.1 Å². The Morgan fingerprint density at radius 1 is 0.493 bits per heavy atom. The third kappa shape index (κ3) is 29.6. The Morgan fingerprint density at radius 3 is 1.39 bits per heavy atom. The number of carbonyl (C=O) groups is 1. The average Bonchev–Trinajstić information content (AvgIpc) is 3.37. The number of unbranched alkanes of at least 4 members (excludes halogenated alkanes) is 25. The number of hydrogen-bond donors (Lipinski definition) is 9. The van der Waals surface area contributed by atoms with E-state index >= 15 is 0 Å². The highest BCUT2D eigenvalue weighted by molar-refractivity contribution is 5.76. The molecule has 0 spiro atoms. The number of ether oxygens (including phenoxy) is 4. The van der Waals surface area contributed by atoms with E-state index in [1.807, 2.05) is 6.08 Å². The highest BCUT2D eigenvalue weighted by Crippen LogP contribution is 2.30. The van der Waals surface area contributed by atoms with E-state index in [4.69, 9.17) is 18.9 Å². The number of rotatable bonds is 44. The summed E-state index contributed by atoms with van der Waals surface area (Å²) < 4.78 is 22.7. The molecule has 0 aromatic heterocycles. The Kier molecular flexibility index (Phi) is 39.6. The molecular formula is C57H103NO13. The Bertz CT molecular complexity index is 1380. The maximum atomic E-state index is 13.2. The van der Waals surface area contributed by atoms with Gasteiger partial charge in [0.05, 0.1) is 32.0 Å². The molecule has 414 valence electrons. The first-order chi connectivity index (χ1) is 34.6. The van der Waals surface area contributed by atoms with Gasteiger partial charge >= 0.3 is 0 Å². The van der Waals surface area contributed by atoms with Gasteiger partial charge in [-0.1, -0.05) is 184 Å². The van der Waals surface area contributed by atoms with Crippen molar-refractivity contribution in [1.29, 1.82) is 0 Å². The van der Waals surface area contributed by atoms with Gasteiger partial charge in [0.1, 0.15) is 48.8 Å². The van der Waals surface area contributed by atoms with Crippen LogP contribution >= 0.6 is 0 Å². The molecule has 2 saturated heterocycles. The monoisotopic (exact) mass is 1010 g/mol. The molecule has 12 atom stereocenters. The molecule has 0 aromatic carbocycles. The summed E-state index contributed by atoms with van der Waals surface area (Å²) in [6.45, 7) is 2.74. The van der Waals surface area contributed by atoms with E-state index in [2.05, 4.69) is 55.6 Å². The number of nitrogens with one attached hydrogen (secondary N) is 1. The van der Waals surface area contributed by atoms with Gasteiger partial charge in [-0.2, -0.15) is 0 Å². The topological polar surface area (TPSA) is 228 Å². The van der Waals surface area contributed by atoms with Crippen LogP contribution < -0.4 is 5.32 Å². The van der Waals surface area contributed by atoms with Crippen molar-refractivity contribution in [2.24, 2.45) is 0 Å². The summed E-state index contributed by atoms with van der Waals surface area (Å²) in [5.41, 5.74) is 0. The van der Waals surface area contributed by atoms with E-state index < -0.39 is 86.8 Å². The van der Waals surface area contributed by atoms with Crippen molar-refractivity contribution in [3.8, 4) is 0 Å². The van der Waals surface area contributed by atoms with Gasteiger partial charge in [0.2, 0.25) is 5.91 Å². The second kappa shape index (κ2) is 43.2. The maximum absolute atomic E-state index is 13.2. The van der Waals surface area contributed by atoms with Crippen molar-refractivity contribution in [1.82, 2.24) is 5.32 Å². The van der Waals surface area contributed by atoms with Gasteiger partial charge in [0, 0.05) is 6.42 Å². The van der Waals surface area contributed by atoms with Crippen LogP contribution in [0.25, 0.3) is 0 Å². The predicted molar refractivity (Wildman–Crippen MR) is 281 cm³/mol. The maximum Gasteiger partial charge on any atom is 0.220 e. The lowest BCUT2D eigenvalue weighted by Gasteiger charge is -2.46. The van der Waals surface area contributed by atoms with Crippen LogP contribution in [0.2, 0.25) is 0 Å². The van der Waals surface area contributed by atoms with Crippen molar-refractivity contribution in [2.45, 2.75) is 286 Å². The predicted octanol–water partition coefficient (Wildman–Crippen LogP) is 8.83. The Labute approximate surface area is 429 Å². The molecule has 12 unspecified atom stereocenters. The van der Waals surface area contributed by atoms with E-state index in [9.17, 15) is 45.6 Å². The zero-order chi connectivity index (χ0) is 51.7. The first-order valence-electron chi connectivity index (χ1n) is 28.4. The van der Waals surface area contributed by atoms with E-state index in [1.165, 1.54) is 135 Å². The van der Waals surface area contributed by atoms with Crippen LogP contribution in [-0.4, -0.2) is 140 Å². The fraction of sp³-hybridized carbons (Fsp3) is 0.842. The van der Waals surface area contributed by atoms with Crippen LogP contribution in [0.3, 0.4) is 0 Å². The lowest BCUT2D eigenvalue weighted by Crippen LogP contribution is -2.65. The molecule has 2 rings (SSSR count). The second-order valence-electron chi connectivity index (χ2n) is 20.0. The number of aliphatic hydroxyl groups excluding tert-OH is 8. The number of amides is 1. The molecule has 9 N–H and O–H groups in total. The minimum Gasteiger partial charge on any atom is -0.394 e. The molecule has 0 aromatic rings. The lowest BCUT2D eigenvalue weighted by molar-refractivity contribution is -0.359. The molecule has 0 bridgehead atoms. The number of hydrogen-bond acceptors (Lipinski definition) is 13. The summed E-state index contributed by atoms with van der Waals surface area (Å²) in [6, 6.07) is -0.937. The van der Waals surface area contributed by atoms with Crippen LogP contribution in [0.1, 0.15) is 213 Å². The minimum atomic E-state index is -1.79. The minimum absolute atomic E-state index is 0.255. The molecular weight excluding hydrogens is 907 g/mol. The molecule has 14 heteroatoms. The molecule has 0 saturated carbocycles. The van der Waals surface area contributed by atoms with Crippen molar-refractivity contribution in [2.75, 3.05) is 19.8 Å². The fourth-order valence-electron chi connectivity index (χ4n) is 9.08. The van der Waals surface area contributed by atoms with Crippen molar-refractivity contribution < 1.29 is 64.6 Å². The van der Waals surface area contributed by atoms with Gasteiger partial charge in [-0.15, -0.1) is 0 Å². The van der Waals surface area contributed by atoms with Crippen molar-refractivity contribution in [3.63, 3.8) is 0 Å². The largest absolute Gasteiger partial charge is 0.394 e. The van der Waals surface area contributed by atoms with Crippen molar-refractivity contribution in [3.05, 3.63) is 48.6 Å². The zero-order valence-electron chi connectivity index (χ0n) is 44.2. The van der Waals surface area contributed by atoms with Crippen LogP contribution in [0.5, 0.6) is 0 Å². The second-order valence-corrected chi connectivity index (χ2v) is 20.0. The molecule has 71 heavy (non-hydrogen) atoms. The molecule has 14 nitrogen and oxygen atoms in total. The SMILES string of the molecule is CCCCCC/C=C/CC/C=C/CC/C=C/C(O)C(COC1OC(CO)C(OC2OC(CO)C(O)C(O)C2O)C(O)C1O)NC(=O)CCCCCCCCCCCCC/C=C\CCCCCCCCCC. The normalized spacial score (nSPS) is 26.1. The Hall–Kier alpha value is -2.05. The van der Waals surface area contributed by atoms with Crippen LogP contribution in [-0.2, 0) is 23.7 Å². The Balaban J connectivity index is 1.78. The third-order valence-corrected chi connectivity index (χ3v) is 13.7. The van der Waals surface area contributed by atoms with E-state index in [0.29, 0.717) is 12.8 Å². The highest BCUT2D eigenvalue weighted by atomic mass is 16.7. The average molecular weight is 1010 g/mol. The lowest BCUT2D eigenvalue weighted by atomic mass is 9.97. The van der Waals surface area contributed by atoms with E-state index in [-0.39, 0.29) is 18.9 Å². The van der Waals surface area contributed by atoms with Gasteiger partial charge in [-0.3, -0.25) is 4.79 Å². The van der Waals surface area contributed by atoms with Gasteiger partial charge in [0.25, 0.3) is 0 Å². The summed E-state index contributed by atoms with van der Waals surface area (Å²) in [7, 11) is 0. The summed E-state index contributed by atoms with van der Waals surface area (Å²) in [5, 5.41) is 86.9. The summed E-state index contributed by atoms with van der Waals surface area (Å²) in [4.78, 5) is 13.2.